The quantitative estimate of drug-likeness (QED) is 0.552. The normalized spacial score (nSPS) is 10.4. The second-order valence-corrected chi connectivity index (χ2v) is 7.14. The van der Waals surface area contributed by atoms with Gasteiger partial charge in [0.15, 0.2) is 5.13 Å². The van der Waals surface area contributed by atoms with Crippen molar-refractivity contribution in [1.82, 2.24) is 9.97 Å². The number of carbonyl (C=O) groups excluding carboxylic acids is 2. The molecule has 0 unspecified atom stereocenters. The number of nitrogens with one attached hydrogen (secondary N) is 3. The molecule has 0 saturated heterocycles. The molecule has 3 aromatic rings. The molecule has 0 fully saturated rings. The molecule has 0 aliphatic carbocycles. The van der Waals surface area contributed by atoms with Crippen LogP contribution in [-0.2, 0) is 11.2 Å². The van der Waals surface area contributed by atoms with Crippen molar-refractivity contribution < 1.29 is 9.59 Å². The van der Waals surface area contributed by atoms with E-state index in [0.717, 1.165) is 10.6 Å². The van der Waals surface area contributed by atoms with Gasteiger partial charge in [0.25, 0.3) is 11.5 Å². The van der Waals surface area contributed by atoms with E-state index in [9.17, 15) is 14.4 Å². The lowest BCUT2D eigenvalue weighted by atomic mass is 10.2. The Kier molecular flexibility index (Phi) is 6.05. The predicted molar refractivity (Wildman–Crippen MR) is 108 cm³/mol. The average molecular weight is 400 g/mol. The molecule has 0 spiro atoms. The number of aromatic amines is 1. The topological polar surface area (TPSA) is 104 Å². The van der Waals surface area contributed by atoms with Crippen LogP contribution in [0.4, 0.5) is 10.8 Å². The van der Waals surface area contributed by atoms with Crippen LogP contribution in [0.15, 0.2) is 57.7 Å². The Morgan fingerprint density at radius 1 is 1.19 bits per heavy atom. The molecule has 9 heteroatoms. The molecule has 0 radical (unpaired) electrons. The maximum absolute atomic E-state index is 12.3. The molecular formula is C18H16N4O3S2. The average Bonchev–Trinajstić information content (AvgIpc) is 3.09. The third kappa shape index (κ3) is 4.83. The van der Waals surface area contributed by atoms with Crippen LogP contribution >= 0.6 is 23.1 Å². The molecule has 2 heterocycles. The Morgan fingerprint density at radius 3 is 2.78 bits per heavy atom. The summed E-state index contributed by atoms with van der Waals surface area (Å²) in [5.74, 6) is -0.740. The van der Waals surface area contributed by atoms with E-state index < -0.39 is 11.5 Å². The van der Waals surface area contributed by atoms with Gasteiger partial charge in [-0.1, -0.05) is 12.1 Å². The van der Waals surface area contributed by atoms with Crippen molar-refractivity contribution in [3.8, 4) is 0 Å². The zero-order chi connectivity index (χ0) is 19.2. The number of hydrogen-bond acceptors (Lipinski definition) is 6. The van der Waals surface area contributed by atoms with Gasteiger partial charge in [0, 0.05) is 16.5 Å². The number of anilines is 2. The first-order chi connectivity index (χ1) is 13.1. The summed E-state index contributed by atoms with van der Waals surface area (Å²) < 4.78 is 0. The van der Waals surface area contributed by atoms with Gasteiger partial charge in [-0.15, -0.1) is 23.1 Å². The van der Waals surface area contributed by atoms with Gasteiger partial charge in [0.1, 0.15) is 5.56 Å². The van der Waals surface area contributed by atoms with E-state index in [1.54, 1.807) is 23.2 Å². The van der Waals surface area contributed by atoms with Crippen LogP contribution in [0.25, 0.3) is 0 Å². The summed E-state index contributed by atoms with van der Waals surface area (Å²) >= 11 is 2.74. The zero-order valence-electron chi connectivity index (χ0n) is 14.3. The number of benzene rings is 1. The SMILES string of the molecule is CSc1ccccc1NC(=O)Cc1csc(NC(=O)c2ccc[nH]c2=O)n1. The number of H-pyrrole nitrogens is 1. The van der Waals surface area contributed by atoms with Crippen LogP contribution in [0.3, 0.4) is 0 Å². The van der Waals surface area contributed by atoms with Crippen LogP contribution in [-0.4, -0.2) is 28.0 Å². The second kappa shape index (κ2) is 8.65. The second-order valence-electron chi connectivity index (χ2n) is 5.44. The van der Waals surface area contributed by atoms with E-state index in [0.29, 0.717) is 10.8 Å². The van der Waals surface area contributed by atoms with Crippen molar-refractivity contribution in [2.45, 2.75) is 11.3 Å². The minimum atomic E-state index is -0.545. The van der Waals surface area contributed by atoms with Gasteiger partial charge in [-0.25, -0.2) is 4.98 Å². The van der Waals surface area contributed by atoms with Gasteiger partial charge >= 0.3 is 0 Å². The highest BCUT2D eigenvalue weighted by Gasteiger charge is 2.14. The Hall–Kier alpha value is -2.91. The predicted octanol–water partition coefficient (Wildman–Crippen LogP) is 2.99. The molecule has 0 aliphatic rings. The maximum Gasteiger partial charge on any atom is 0.263 e. The van der Waals surface area contributed by atoms with Crippen molar-refractivity contribution >= 4 is 45.7 Å². The first-order valence-corrected chi connectivity index (χ1v) is 10.0. The van der Waals surface area contributed by atoms with Gasteiger partial charge in [0.2, 0.25) is 5.91 Å². The summed E-state index contributed by atoms with van der Waals surface area (Å²) in [5, 5.41) is 7.47. The Bertz CT molecular complexity index is 1030. The van der Waals surface area contributed by atoms with E-state index in [1.165, 1.54) is 23.6 Å². The van der Waals surface area contributed by atoms with Gasteiger partial charge in [0.05, 0.1) is 17.8 Å². The smallest absolute Gasteiger partial charge is 0.263 e. The standard InChI is InChI=1S/C18H16N4O3S2/c1-26-14-7-3-2-6-13(14)21-15(23)9-11-10-27-18(20-11)22-17(25)12-5-4-8-19-16(12)24/h2-8,10H,9H2,1H3,(H,19,24)(H,21,23)(H,20,22,25). The fourth-order valence-electron chi connectivity index (χ4n) is 2.32. The lowest BCUT2D eigenvalue weighted by molar-refractivity contribution is -0.115. The first kappa shape index (κ1) is 18.9. The number of aromatic nitrogens is 2. The maximum atomic E-state index is 12.3. The highest BCUT2D eigenvalue weighted by Crippen LogP contribution is 2.25. The molecule has 0 saturated carbocycles. The number of rotatable bonds is 6. The number of amides is 2. The first-order valence-electron chi connectivity index (χ1n) is 7.93. The van der Waals surface area contributed by atoms with Gasteiger partial charge in [-0.05, 0) is 30.5 Å². The minimum absolute atomic E-state index is 0.000616. The molecule has 27 heavy (non-hydrogen) atoms. The lowest BCUT2D eigenvalue weighted by Crippen LogP contribution is -2.22. The molecule has 7 nitrogen and oxygen atoms in total. The summed E-state index contributed by atoms with van der Waals surface area (Å²) in [5.41, 5.74) is 0.817. The summed E-state index contributed by atoms with van der Waals surface area (Å²) in [4.78, 5) is 43.7. The highest BCUT2D eigenvalue weighted by atomic mass is 32.2. The van der Waals surface area contributed by atoms with E-state index in [-0.39, 0.29) is 17.9 Å². The molecule has 1 aromatic carbocycles. The van der Waals surface area contributed by atoms with E-state index in [2.05, 4.69) is 20.6 Å². The van der Waals surface area contributed by atoms with Crippen LogP contribution in [0, 0.1) is 0 Å². The molecular weight excluding hydrogens is 384 g/mol. The van der Waals surface area contributed by atoms with Crippen LogP contribution in [0.2, 0.25) is 0 Å². The monoisotopic (exact) mass is 400 g/mol. The minimum Gasteiger partial charge on any atom is -0.328 e. The third-order valence-electron chi connectivity index (χ3n) is 3.56. The van der Waals surface area contributed by atoms with Crippen molar-refractivity contribution in [3.05, 3.63) is 69.6 Å². The summed E-state index contributed by atoms with van der Waals surface area (Å²) in [6, 6.07) is 10.5. The van der Waals surface area contributed by atoms with Crippen LogP contribution < -0.4 is 16.2 Å². The van der Waals surface area contributed by atoms with E-state index in [4.69, 9.17) is 0 Å². The lowest BCUT2D eigenvalue weighted by Gasteiger charge is -2.08. The molecule has 3 N–H and O–H groups in total. The number of para-hydroxylation sites is 1. The molecule has 138 valence electrons. The van der Waals surface area contributed by atoms with Gasteiger partial charge in [-0.2, -0.15) is 0 Å². The van der Waals surface area contributed by atoms with Crippen LogP contribution in [0.1, 0.15) is 16.1 Å². The van der Waals surface area contributed by atoms with E-state index in [1.807, 2.05) is 30.5 Å². The van der Waals surface area contributed by atoms with Gasteiger partial charge < -0.3 is 10.3 Å². The number of pyridine rings is 1. The number of thioether (sulfide) groups is 1. The number of nitrogens with zero attached hydrogens (tertiary/aromatic N) is 1. The van der Waals surface area contributed by atoms with Crippen molar-refractivity contribution in [3.63, 3.8) is 0 Å². The Morgan fingerprint density at radius 2 is 2.00 bits per heavy atom. The third-order valence-corrected chi connectivity index (χ3v) is 5.16. The fourth-order valence-corrected chi connectivity index (χ4v) is 3.58. The summed E-state index contributed by atoms with van der Waals surface area (Å²) in [7, 11) is 0. The molecule has 0 aliphatic heterocycles. The van der Waals surface area contributed by atoms with Crippen molar-refractivity contribution in [2.24, 2.45) is 0 Å². The molecule has 0 bridgehead atoms. The molecule has 3 rings (SSSR count). The summed E-state index contributed by atoms with van der Waals surface area (Å²) in [6.07, 6.45) is 3.48. The van der Waals surface area contributed by atoms with Gasteiger partial charge in [-0.3, -0.25) is 19.7 Å². The van der Waals surface area contributed by atoms with Crippen LogP contribution in [0.5, 0.6) is 0 Å². The number of carbonyl (C=O) groups is 2. The zero-order valence-corrected chi connectivity index (χ0v) is 15.9. The molecule has 0 atom stereocenters. The Labute approximate surface area is 163 Å². The summed E-state index contributed by atoms with van der Waals surface area (Å²) in [6.45, 7) is 0. The largest absolute Gasteiger partial charge is 0.328 e. The highest BCUT2D eigenvalue weighted by molar-refractivity contribution is 7.98. The number of hydrogen-bond donors (Lipinski definition) is 3. The fraction of sp³-hybridized carbons (Fsp3) is 0.111. The Balaban J connectivity index is 1.62. The molecule has 2 aromatic heterocycles. The molecule has 2 amide bonds. The van der Waals surface area contributed by atoms with E-state index >= 15 is 0 Å². The van der Waals surface area contributed by atoms with Crippen molar-refractivity contribution in [2.75, 3.05) is 16.9 Å². The number of thiazole rings is 1. The van der Waals surface area contributed by atoms with Crippen molar-refractivity contribution in [1.29, 1.82) is 0 Å².